The van der Waals surface area contributed by atoms with Crippen LogP contribution in [0.5, 0.6) is 0 Å². The molecule has 0 spiro atoms. The summed E-state index contributed by atoms with van der Waals surface area (Å²) in [5.41, 5.74) is 7.22. The molecule has 3 nitrogen and oxygen atoms in total. The van der Waals surface area contributed by atoms with Crippen LogP contribution in [0.2, 0.25) is 0 Å². The zero-order chi connectivity index (χ0) is 12.1. The summed E-state index contributed by atoms with van der Waals surface area (Å²) in [7, 11) is 0. The molecule has 88 valence electrons. The highest BCUT2D eigenvalue weighted by molar-refractivity contribution is 7.80. The van der Waals surface area contributed by atoms with E-state index in [1.165, 1.54) is 0 Å². The number of anilines is 1. The van der Waals surface area contributed by atoms with Crippen molar-refractivity contribution in [2.75, 3.05) is 5.32 Å². The molecule has 1 aromatic heterocycles. The lowest BCUT2D eigenvalue weighted by Crippen LogP contribution is -2.18. The molecule has 0 aliphatic carbocycles. The zero-order valence-electron chi connectivity index (χ0n) is 10.0. The Labute approximate surface area is 102 Å². The molecule has 0 saturated carbocycles. The van der Waals surface area contributed by atoms with Gasteiger partial charge in [0, 0.05) is 17.9 Å². The van der Waals surface area contributed by atoms with Gasteiger partial charge < -0.3 is 11.1 Å². The lowest BCUT2D eigenvalue weighted by atomic mass is 10.1. The van der Waals surface area contributed by atoms with E-state index in [4.69, 9.17) is 18.0 Å². The van der Waals surface area contributed by atoms with E-state index in [1.807, 2.05) is 12.1 Å². The Hall–Kier alpha value is -1.16. The summed E-state index contributed by atoms with van der Waals surface area (Å²) in [6.07, 6.45) is 2.85. The molecule has 0 radical (unpaired) electrons. The molecular formula is C12H19N3S. The lowest BCUT2D eigenvalue weighted by molar-refractivity contribution is 0.540. The summed E-state index contributed by atoms with van der Waals surface area (Å²) in [4.78, 5) is 4.43. The second-order valence-corrected chi connectivity index (χ2v) is 4.91. The highest BCUT2D eigenvalue weighted by atomic mass is 32.1. The molecule has 4 heteroatoms. The summed E-state index contributed by atoms with van der Waals surface area (Å²) in [5.74, 6) is 0.680. The molecule has 0 amide bonds. The number of nitrogens with zero attached hydrogens (tertiary/aromatic N) is 1. The molecule has 1 heterocycles. The van der Waals surface area contributed by atoms with Crippen LogP contribution in [0.1, 0.15) is 32.9 Å². The Morgan fingerprint density at radius 3 is 2.75 bits per heavy atom. The minimum atomic E-state index is 0.333. The predicted octanol–water partition coefficient (Wildman–Crippen LogP) is 2.56. The predicted molar refractivity (Wildman–Crippen MR) is 72.7 cm³/mol. The first-order chi connectivity index (χ1) is 7.49. The maximum Gasteiger partial charge on any atom is 0.122 e. The summed E-state index contributed by atoms with van der Waals surface area (Å²) in [6, 6.07) is 4.25. The van der Waals surface area contributed by atoms with Gasteiger partial charge in [0.2, 0.25) is 0 Å². The Bertz CT molecular complexity index is 363. The third-order valence-electron chi connectivity index (χ3n) is 2.25. The Morgan fingerprint density at radius 2 is 2.19 bits per heavy atom. The van der Waals surface area contributed by atoms with Gasteiger partial charge in [0.25, 0.3) is 0 Å². The molecule has 0 bridgehead atoms. The standard InChI is InChI=1S/C12H19N3S/c1-8(2)6-9(3)15-10-4-5-14-11(7-10)12(13)16/h4-5,7-9H,6H2,1-3H3,(H2,13,16)(H,14,15). The monoisotopic (exact) mass is 237 g/mol. The Morgan fingerprint density at radius 1 is 1.50 bits per heavy atom. The second kappa shape index (κ2) is 5.80. The second-order valence-electron chi connectivity index (χ2n) is 4.47. The van der Waals surface area contributed by atoms with E-state index < -0.39 is 0 Å². The van der Waals surface area contributed by atoms with Crippen molar-refractivity contribution in [2.24, 2.45) is 11.7 Å². The van der Waals surface area contributed by atoms with Crippen LogP contribution in [-0.4, -0.2) is 16.0 Å². The van der Waals surface area contributed by atoms with Crippen LogP contribution in [0.3, 0.4) is 0 Å². The zero-order valence-corrected chi connectivity index (χ0v) is 10.8. The van der Waals surface area contributed by atoms with E-state index in [-0.39, 0.29) is 0 Å². The summed E-state index contributed by atoms with van der Waals surface area (Å²) < 4.78 is 0. The van der Waals surface area contributed by atoms with Crippen LogP contribution in [0.4, 0.5) is 5.69 Å². The average Bonchev–Trinajstić information content (AvgIpc) is 2.16. The van der Waals surface area contributed by atoms with Crippen molar-refractivity contribution in [3.63, 3.8) is 0 Å². The van der Waals surface area contributed by atoms with Crippen molar-refractivity contribution in [1.82, 2.24) is 4.98 Å². The fourth-order valence-corrected chi connectivity index (χ4v) is 1.82. The van der Waals surface area contributed by atoms with Gasteiger partial charge in [0.1, 0.15) is 4.99 Å². The molecule has 3 N–H and O–H groups in total. The normalized spacial score (nSPS) is 12.5. The van der Waals surface area contributed by atoms with E-state index >= 15 is 0 Å². The van der Waals surface area contributed by atoms with Gasteiger partial charge in [0.05, 0.1) is 5.69 Å². The first-order valence-corrected chi connectivity index (χ1v) is 5.92. The minimum absolute atomic E-state index is 0.333. The van der Waals surface area contributed by atoms with E-state index in [0.717, 1.165) is 12.1 Å². The Kier molecular flexibility index (Phi) is 4.68. The minimum Gasteiger partial charge on any atom is -0.388 e. The quantitative estimate of drug-likeness (QED) is 0.773. The Balaban J connectivity index is 2.66. The van der Waals surface area contributed by atoms with Gasteiger partial charge in [-0.05, 0) is 31.4 Å². The fraction of sp³-hybridized carbons (Fsp3) is 0.500. The van der Waals surface area contributed by atoms with Gasteiger partial charge in [-0.3, -0.25) is 4.98 Å². The third kappa shape index (κ3) is 4.14. The van der Waals surface area contributed by atoms with Gasteiger partial charge in [-0.15, -0.1) is 0 Å². The van der Waals surface area contributed by atoms with Crippen molar-refractivity contribution >= 4 is 22.9 Å². The highest BCUT2D eigenvalue weighted by Crippen LogP contribution is 2.13. The molecule has 16 heavy (non-hydrogen) atoms. The first-order valence-electron chi connectivity index (χ1n) is 5.51. The maximum absolute atomic E-state index is 5.54. The highest BCUT2D eigenvalue weighted by Gasteiger charge is 2.06. The van der Waals surface area contributed by atoms with E-state index in [2.05, 4.69) is 31.1 Å². The van der Waals surface area contributed by atoms with Crippen molar-refractivity contribution in [3.8, 4) is 0 Å². The van der Waals surface area contributed by atoms with Crippen LogP contribution in [0.25, 0.3) is 0 Å². The van der Waals surface area contributed by atoms with Gasteiger partial charge in [0.15, 0.2) is 0 Å². The van der Waals surface area contributed by atoms with Crippen molar-refractivity contribution in [3.05, 3.63) is 24.0 Å². The number of nitrogens with two attached hydrogens (primary N) is 1. The molecule has 1 aromatic rings. The smallest absolute Gasteiger partial charge is 0.122 e. The van der Waals surface area contributed by atoms with Crippen LogP contribution < -0.4 is 11.1 Å². The SMILES string of the molecule is CC(C)CC(C)Nc1ccnc(C(N)=S)c1. The van der Waals surface area contributed by atoms with Crippen LogP contribution in [0.15, 0.2) is 18.3 Å². The van der Waals surface area contributed by atoms with E-state index in [0.29, 0.717) is 22.6 Å². The van der Waals surface area contributed by atoms with Crippen molar-refractivity contribution in [1.29, 1.82) is 0 Å². The van der Waals surface area contributed by atoms with Gasteiger partial charge in [-0.2, -0.15) is 0 Å². The molecule has 0 fully saturated rings. The van der Waals surface area contributed by atoms with E-state index in [1.54, 1.807) is 6.20 Å². The van der Waals surface area contributed by atoms with Crippen molar-refractivity contribution in [2.45, 2.75) is 33.2 Å². The number of pyridine rings is 1. The number of aromatic nitrogens is 1. The number of thiocarbonyl (C=S) groups is 1. The first kappa shape index (κ1) is 12.9. The van der Waals surface area contributed by atoms with Crippen LogP contribution in [0, 0.1) is 5.92 Å². The van der Waals surface area contributed by atoms with Gasteiger partial charge >= 0.3 is 0 Å². The van der Waals surface area contributed by atoms with Crippen LogP contribution >= 0.6 is 12.2 Å². The fourth-order valence-electron chi connectivity index (χ4n) is 1.71. The van der Waals surface area contributed by atoms with E-state index in [9.17, 15) is 0 Å². The molecule has 0 saturated heterocycles. The number of rotatable bonds is 5. The summed E-state index contributed by atoms with van der Waals surface area (Å²) in [5, 5.41) is 3.41. The summed E-state index contributed by atoms with van der Waals surface area (Å²) in [6.45, 7) is 6.59. The molecule has 0 aliphatic rings. The molecule has 0 aliphatic heterocycles. The third-order valence-corrected chi connectivity index (χ3v) is 2.46. The average molecular weight is 237 g/mol. The molecular weight excluding hydrogens is 218 g/mol. The lowest BCUT2D eigenvalue weighted by Gasteiger charge is -2.17. The number of nitrogens with one attached hydrogen (secondary N) is 1. The topological polar surface area (TPSA) is 50.9 Å². The molecule has 1 rings (SSSR count). The largest absolute Gasteiger partial charge is 0.388 e. The summed E-state index contributed by atoms with van der Waals surface area (Å²) >= 11 is 4.89. The molecule has 1 unspecified atom stereocenters. The molecule has 1 atom stereocenters. The van der Waals surface area contributed by atoms with Crippen molar-refractivity contribution < 1.29 is 0 Å². The number of hydrogen-bond donors (Lipinski definition) is 2. The maximum atomic E-state index is 5.54. The van der Waals surface area contributed by atoms with Gasteiger partial charge in [-0.25, -0.2) is 0 Å². The van der Waals surface area contributed by atoms with Gasteiger partial charge in [-0.1, -0.05) is 26.1 Å². The number of hydrogen-bond acceptors (Lipinski definition) is 3. The van der Waals surface area contributed by atoms with Crippen LogP contribution in [-0.2, 0) is 0 Å². The molecule has 0 aromatic carbocycles.